The van der Waals surface area contributed by atoms with Crippen molar-refractivity contribution in [2.45, 2.75) is 12.8 Å². The van der Waals surface area contributed by atoms with Crippen LogP contribution in [-0.4, -0.2) is 61.0 Å². The topological polar surface area (TPSA) is 48.5 Å². The van der Waals surface area contributed by atoms with Crippen molar-refractivity contribution in [1.29, 1.82) is 0 Å². The van der Waals surface area contributed by atoms with Gasteiger partial charge in [-0.2, -0.15) is 0 Å². The van der Waals surface area contributed by atoms with E-state index in [4.69, 9.17) is 0 Å². The SMILES string of the molecule is CN(C)CCN1CCCC(C(=O)Nc2ncc(-c3cccc(F)c3)s2)C1. The van der Waals surface area contributed by atoms with Crippen molar-refractivity contribution in [3.8, 4) is 10.4 Å². The molecule has 0 aliphatic carbocycles. The number of anilines is 1. The van der Waals surface area contributed by atoms with E-state index in [9.17, 15) is 9.18 Å². The molecule has 0 radical (unpaired) electrons. The second-order valence-electron chi connectivity index (χ2n) is 6.97. The molecular formula is C19H25FN4OS. The van der Waals surface area contributed by atoms with Crippen LogP contribution in [0.2, 0.25) is 0 Å². The van der Waals surface area contributed by atoms with Crippen LogP contribution in [0.25, 0.3) is 10.4 Å². The summed E-state index contributed by atoms with van der Waals surface area (Å²) >= 11 is 1.37. The summed E-state index contributed by atoms with van der Waals surface area (Å²) in [4.78, 5) is 22.2. The Hall–Kier alpha value is -1.83. The predicted octanol–water partition coefficient (Wildman–Crippen LogP) is 3.16. The highest BCUT2D eigenvalue weighted by atomic mass is 32.1. The number of nitrogens with zero attached hydrogens (tertiary/aromatic N) is 3. The normalized spacial score (nSPS) is 18.2. The number of carbonyl (C=O) groups excluding carboxylic acids is 1. The van der Waals surface area contributed by atoms with Crippen molar-refractivity contribution in [2.75, 3.05) is 45.6 Å². The molecule has 1 saturated heterocycles. The molecular weight excluding hydrogens is 351 g/mol. The van der Waals surface area contributed by atoms with Crippen LogP contribution in [0, 0.1) is 11.7 Å². The van der Waals surface area contributed by atoms with Crippen molar-refractivity contribution in [2.24, 2.45) is 5.92 Å². The van der Waals surface area contributed by atoms with E-state index in [-0.39, 0.29) is 17.6 Å². The van der Waals surface area contributed by atoms with Crippen molar-refractivity contribution in [3.63, 3.8) is 0 Å². The number of hydrogen-bond donors (Lipinski definition) is 1. The second-order valence-corrected chi connectivity index (χ2v) is 8.00. The van der Waals surface area contributed by atoms with Gasteiger partial charge >= 0.3 is 0 Å². The maximum Gasteiger partial charge on any atom is 0.230 e. The number of benzene rings is 1. The summed E-state index contributed by atoms with van der Waals surface area (Å²) < 4.78 is 13.4. The third-order valence-electron chi connectivity index (χ3n) is 4.58. The molecule has 1 N–H and O–H groups in total. The summed E-state index contributed by atoms with van der Waals surface area (Å²) in [7, 11) is 4.12. The third-order valence-corrected chi connectivity index (χ3v) is 5.55. The van der Waals surface area contributed by atoms with Crippen LogP contribution in [0.15, 0.2) is 30.5 Å². The fraction of sp³-hybridized carbons (Fsp3) is 0.474. The van der Waals surface area contributed by atoms with Gasteiger partial charge in [0.15, 0.2) is 5.13 Å². The van der Waals surface area contributed by atoms with Gasteiger partial charge in [0.1, 0.15) is 5.82 Å². The molecule has 1 aliphatic rings. The summed E-state index contributed by atoms with van der Waals surface area (Å²) in [5, 5.41) is 3.51. The van der Waals surface area contributed by atoms with Gasteiger partial charge in [-0.05, 0) is 51.2 Å². The Labute approximate surface area is 157 Å². The largest absolute Gasteiger partial charge is 0.308 e. The molecule has 1 aromatic carbocycles. The highest BCUT2D eigenvalue weighted by Crippen LogP contribution is 2.30. The lowest BCUT2D eigenvalue weighted by Gasteiger charge is -2.32. The minimum atomic E-state index is -0.276. The minimum absolute atomic E-state index is 0.00701. The van der Waals surface area contributed by atoms with Crippen molar-refractivity contribution < 1.29 is 9.18 Å². The zero-order valence-corrected chi connectivity index (χ0v) is 16.1. The number of carbonyl (C=O) groups is 1. The summed E-state index contributed by atoms with van der Waals surface area (Å²) in [5.74, 6) is -0.256. The Balaban J connectivity index is 1.58. The molecule has 2 aromatic rings. The van der Waals surface area contributed by atoms with E-state index in [1.807, 2.05) is 6.07 Å². The first-order valence-corrected chi connectivity index (χ1v) is 9.72. The highest BCUT2D eigenvalue weighted by Gasteiger charge is 2.26. The number of halogens is 1. The molecule has 1 fully saturated rings. The van der Waals surface area contributed by atoms with E-state index < -0.39 is 0 Å². The van der Waals surface area contributed by atoms with E-state index >= 15 is 0 Å². The summed E-state index contributed by atoms with van der Waals surface area (Å²) in [6, 6.07) is 6.40. The molecule has 1 aromatic heterocycles. The van der Waals surface area contributed by atoms with Crippen molar-refractivity contribution >= 4 is 22.4 Å². The molecule has 1 amide bonds. The van der Waals surface area contributed by atoms with E-state index in [0.717, 1.165) is 49.5 Å². The fourth-order valence-electron chi connectivity index (χ4n) is 3.13. The van der Waals surface area contributed by atoms with E-state index in [1.165, 1.54) is 23.5 Å². The first-order chi connectivity index (χ1) is 12.5. The molecule has 5 nitrogen and oxygen atoms in total. The van der Waals surface area contributed by atoms with Crippen molar-refractivity contribution in [3.05, 3.63) is 36.3 Å². The van der Waals surface area contributed by atoms with Gasteiger partial charge in [0.2, 0.25) is 5.91 Å². The molecule has 1 atom stereocenters. The number of nitrogens with one attached hydrogen (secondary N) is 1. The van der Waals surface area contributed by atoms with Gasteiger partial charge in [0.25, 0.3) is 0 Å². The summed E-state index contributed by atoms with van der Waals surface area (Å²) in [6.07, 6.45) is 3.63. The maximum absolute atomic E-state index is 13.4. The van der Waals surface area contributed by atoms with Gasteiger partial charge in [-0.15, -0.1) is 0 Å². The van der Waals surface area contributed by atoms with Gasteiger partial charge in [-0.25, -0.2) is 9.37 Å². The van der Waals surface area contributed by atoms with Crippen LogP contribution in [0.5, 0.6) is 0 Å². The first kappa shape index (κ1) is 18.9. The zero-order chi connectivity index (χ0) is 18.5. The van der Waals surface area contributed by atoms with Crippen molar-refractivity contribution in [1.82, 2.24) is 14.8 Å². The molecule has 7 heteroatoms. The Morgan fingerprint density at radius 3 is 3.08 bits per heavy atom. The number of aromatic nitrogens is 1. The van der Waals surface area contributed by atoms with E-state index in [0.29, 0.717) is 5.13 Å². The van der Waals surface area contributed by atoms with E-state index in [1.54, 1.807) is 12.3 Å². The maximum atomic E-state index is 13.4. The number of likely N-dealkylation sites (tertiary alicyclic amines) is 1. The quantitative estimate of drug-likeness (QED) is 0.841. The van der Waals surface area contributed by atoms with Gasteiger partial charge in [0, 0.05) is 25.8 Å². The Bertz CT molecular complexity index is 749. The van der Waals surface area contributed by atoms with Crippen LogP contribution in [-0.2, 0) is 4.79 Å². The molecule has 2 heterocycles. The van der Waals surface area contributed by atoms with Crippen LogP contribution in [0.3, 0.4) is 0 Å². The average molecular weight is 377 g/mol. The lowest BCUT2D eigenvalue weighted by molar-refractivity contribution is -0.121. The summed E-state index contributed by atoms with van der Waals surface area (Å²) in [6.45, 7) is 3.83. The molecule has 140 valence electrons. The predicted molar refractivity (Wildman–Crippen MR) is 104 cm³/mol. The molecule has 1 unspecified atom stereocenters. The highest BCUT2D eigenvalue weighted by molar-refractivity contribution is 7.19. The lowest BCUT2D eigenvalue weighted by atomic mass is 9.97. The van der Waals surface area contributed by atoms with Gasteiger partial charge < -0.3 is 15.1 Å². The molecule has 1 aliphatic heterocycles. The number of hydrogen-bond acceptors (Lipinski definition) is 5. The monoisotopic (exact) mass is 376 g/mol. The number of amides is 1. The Morgan fingerprint density at radius 2 is 2.31 bits per heavy atom. The Kier molecular flexibility index (Phi) is 6.34. The number of likely N-dealkylation sites (N-methyl/N-ethyl adjacent to an activating group) is 1. The van der Waals surface area contributed by atoms with Crippen LogP contribution in [0.1, 0.15) is 12.8 Å². The number of rotatable bonds is 6. The smallest absolute Gasteiger partial charge is 0.230 e. The van der Waals surface area contributed by atoms with Gasteiger partial charge in [-0.3, -0.25) is 4.79 Å². The standard InChI is InChI=1S/C19H25FN4OS/c1-23(2)9-10-24-8-4-6-15(13-24)18(25)22-19-21-12-17(26-19)14-5-3-7-16(20)11-14/h3,5,7,11-12,15H,4,6,8-10,13H2,1-2H3,(H,21,22,25). The van der Waals surface area contributed by atoms with Gasteiger partial charge in [-0.1, -0.05) is 23.5 Å². The lowest BCUT2D eigenvalue weighted by Crippen LogP contribution is -2.43. The van der Waals surface area contributed by atoms with Crippen LogP contribution >= 0.6 is 11.3 Å². The minimum Gasteiger partial charge on any atom is -0.308 e. The van der Waals surface area contributed by atoms with Crippen LogP contribution < -0.4 is 5.32 Å². The number of thiazole rings is 1. The fourth-order valence-corrected chi connectivity index (χ4v) is 3.94. The van der Waals surface area contributed by atoms with Gasteiger partial charge in [0.05, 0.1) is 10.8 Å². The molecule has 0 saturated carbocycles. The third kappa shape index (κ3) is 5.09. The summed E-state index contributed by atoms with van der Waals surface area (Å²) in [5.41, 5.74) is 0.774. The molecule has 3 rings (SSSR count). The zero-order valence-electron chi connectivity index (χ0n) is 15.2. The van der Waals surface area contributed by atoms with Crippen LogP contribution in [0.4, 0.5) is 9.52 Å². The van der Waals surface area contributed by atoms with E-state index in [2.05, 4.69) is 34.2 Å². The Morgan fingerprint density at radius 1 is 1.46 bits per heavy atom. The number of piperidine rings is 1. The molecule has 0 spiro atoms. The molecule has 26 heavy (non-hydrogen) atoms. The second kappa shape index (κ2) is 8.70. The molecule has 0 bridgehead atoms. The average Bonchev–Trinajstić information content (AvgIpc) is 3.09. The first-order valence-electron chi connectivity index (χ1n) is 8.91.